The van der Waals surface area contributed by atoms with Crippen molar-refractivity contribution in [1.82, 2.24) is 4.90 Å². The number of nitrogens with two attached hydrogens (primary N) is 1. The number of hydrogen-bond donors (Lipinski definition) is 1. The molecule has 1 amide bonds. The molecule has 1 saturated heterocycles. The van der Waals surface area contributed by atoms with Crippen LogP contribution in [-0.4, -0.2) is 28.9 Å². The van der Waals surface area contributed by atoms with Gasteiger partial charge >= 0.3 is 0 Å². The highest BCUT2D eigenvalue weighted by Gasteiger charge is 2.26. The molecule has 18 heavy (non-hydrogen) atoms. The van der Waals surface area contributed by atoms with Crippen molar-refractivity contribution >= 4 is 50.4 Å². The number of thiocarbonyl (C=S) groups is 1. The minimum atomic E-state index is 0.0924. The zero-order valence-corrected chi connectivity index (χ0v) is 13.3. The van der Waals surface area contributed by atoms with Gasteiger partial charge in [0.2, 0.25) is 0 Å². The number of likely N-dealkylation sites (tertiary alicyclic amines) is 1. The lowest BCUT2D eigenvalue weighted by atomic mass is 9.98. The molecule has 2 rings (SSSR count). The summed E-state index contributed by atoms with van der Waals surface area (Å²) in [6.45, 7) is 3.45. The number of hydrogen-bond acceptors (Lipinski definition) is 3. The number of aryl methyl sites for hydroxylation is 1. The number of carbonyl (C=O) groups is 1. The molecule has 1 aliphatic rings. The van der Waals surface area contributed by atoms with Crippen molar-refractivity contribution in [1.29, 1.82) is 0 Å². The van der Waals surface area contributed by atoms with E-state index in [0.29, 0.717) is 11.5 Å². The molecule has 6 heteroatoms. The Bertz CT molecular complexity index is 467. The van der Waals surface area contributed by atoms with Crippen molar-refractivity contribution in [3.05, 3.63) is 20.3 Å². The van der Waals surface area contributed by atoms with Crippen molar-refractivity contribution in [3.63, 3.8) is 0 Å². The zero-order chi connectivity index (χ0) is 13.3. The normalized spacial score (nSPS) is 19.9. The highest BCUT2D eigenvalue weighted by molar-refractivity contribution is 9.11. The zero-order valence-electron chi connectivity index (χ0n) is 10.1. The molecule has 1 atom stereocenters. The Labute approximate surface area is 124 Å². The molecule has 0 radical (unpaired) electrons. The van der Waals surface area contributed by atoms with Crippen LogP contribution in [0.15, 0.2) is 9.85 Å². The Hall–Kier alpha value is -0.460. The maximum absolute atomic E-state index is 12.4. The third-order valence-corrected chi connectivity index (χ3v) is 5.64. The van der Waals surface area contributed by atoms with E-state index in [0.717, 1.165) is 33.6 Å². The average molecular weight is 347 g/mol. The van der Waals surface area contributed by atoms with Crippen LogP contribution in [0.5, 0.6) is 0 Å². The Morgan fingerprint density at radius 3 is 2.94 bits per heavy atom. The fourth-order valence-electron chi connectivity index (χ4n) is 2.11. The van der Waals surface area contributed by atoms with E-state index in [9.17, 15) is 4.79 Å². The molecular weight excluding hydrogens is 332 g/mol. The molecule has 1 aromatic rings. The Morgan fingerprint density at radius 1 is 1.67 bits per heavy atom. The first-order valence-corrected chi connectivity index (χ1v) is 7.85. The summed E-state index contributed by atoms with van der Waals surface area (Å²) in [5.74, 6) is 0.261. The van der Waals surface area contributed by atoms with Crippen molar-refractivity contribution < 1.29 is 4.79 Å². The van der Waals surface area contributed by atoms with Crippen molar-refractivity contribution in [2.75, 3.05) is 13.1 Å². The lowest BCUT2D eigenvalue weighted by molar-refractivity contribution is 0.0708. The van der Waals surface area contributed by atoms with Gasteiger partial charge in [0.05, 0.1) is 13.7 Å². The molecule has 2 N–H and O–H groups in total. The molecule has 0 bridgehead atoms. The Balaban J connectivity index is 2.11. The molecule has 2 heterocycles. The van der Waals surface area contributed by atoms with Crippen LogP contribution in [0.2, 0.25) is 0 Å². The summed E-state index contributed by atoms with van der Waals surface area (Å²) in [6, 6.07) is 1.93. The summed E-state index contributed by atoms with van der Waals surface area (Å²) in [4.78, 5) is 15.5. The first-order valence-electron chi connectivity index (χ1n) is 5.83. The van der Waals surface area contributed by atoms with Crippen LogP contribution in [0.1, 0.15) is 28.1 Å². The summed E-state index contributed by atoms with van der Waals surface area (Å²) >= 11 is 9.97. The van der Waals surface area contributed by atoms with Gasteiger partial charge in [-0.3, -0.25) is 4.79 Å². The van der Waals surface area contributed by atoms with Gasteiger partial charge < -0.3 is 10.6 Å². The molecule has 98 valence electrons. The van der Waals surface area contributed by atoms with Crippen LogP contribution in [0.3, 0.4) is 0 Å². The quantitative estimate of drug-likeness (QED) is 0.837. The van der Waals surface area contributed by atoms with Gasteiger partial charge in [0.15, 0.2) is 0 Å². The van der Waals surface area contributed by atoms with Gasteiger partial charge in [-0.25, -0.2) is 0 Å². The van der Waals surface area contributed by atoms with E-state index >= 15 is 0 Å². The van der Waals surface area contributed by atoms with Crippen LogP contribution in [0.25, 0.3) is 0 Å². The molecule has 0 saturated carbocycles. The number of piperidine rings is 1. The fourth-order valence-corrected chi connectivity index (χ4v) is 3.81. The molecule has 1 unspecified atom stereocenters. The van der Waals surface area contributed by atoms with E-state index in [-0.39, 0.29) is 11.8 Å². The van der Waals surface area contributed by atoms with Crippen LogP contribution in [-0.2, 0) is 0 Å². The lowest BCUT2D eigenvalue weighted by Crippen LogP contribution is -2.43. The summed E-state index contributed by atoms with van der Waals surface area (Å²) in [6.07, 6.45) is 1.96. The highest BCUT2D eigenvalue weighted by atomic mass is 79.9. The number of amides is 1. The van der Waals surface area contributed by atoms with Gasteiger partial charge in [0, 0.05) is 19.0 Å². The van der Waals surface area contributed by atoms with Crippen LogP contribution in [0.4, 0.5) is 0 Å². The first-order chi connectivity index (χ1) is 8.49. The molecule has 3 nitrogen and oxygen atoms in total. The standard InChI is InChI=1S/C12H15BrN2OS2/c1-7-5-9(18-10(7)13)12(16)15-4-2-3-8(6-15)11(14)17/h5,8H,2-4,6H2,1H3,(H2,14,17). The fraction of sp³-hybridized carbons (Fsp3) is 0.500. The second kappa shape index (κ2) is 5.67. The summed E-state index contributed by atoms with van der Waals surface area (Å²) < 4.78 is 1.02. The molecule has 1 fully saturated rings. The first kappa shape index (κ1) is 14.0. The SMILES string of the molecule is Cc1cc(C(=O)N2CCCC(C(N)=S)C2)sc1Br. The summed E-state index contributed by atoms with van der Waals surface area (Å²) in [5, 5.41) is 0. The van der Waals surface area contributed by atoms with Crippen LogP contribution < -0.4 is 5.73 Å². The predicted molar refractivity (Wildman–Crippen MR) is 82.2 cm³/mol. The van der Waals surface area contributed by atoms with E-state index in [4.69, 9.17) is 18.0 Å². The van der Waals surface area contributed by atoms with Gasteiger partial charge in [0.1, 0.15) is 0 Å². The smallest absolute Gasteiger partial charge is 0.263 e. The van der Waals surface area contributed by atoms with Crippen LogP contribution in [0, 0.1) is 12.8 Å². The maximum atomic E-state index is 12.4. The topological polar surface area (TPSA) is 46.3 Å². The van der Waals surface area contributed by atoms with Gasteiger partial charge in [-0.05, 0) is 47.3 Å². The average Bonchev–Trinajstić information content (AvgIpc) is 2.69. The molecular formula is C12H15BrN2OS2. The number of nitrogens with zero attached hydrogens (tertiary/aromatic N) is 1. The molecule has 0 spiro atoms. The largest absolute Gasteiger partial charge is 0.393 e. The number of carbonyl (C=O) groups excluding carboxylic acids is 1. The minimum absolute atomic E-state index is 0.0924. The van der Waals surface area contributed by atoms with Gasteiger partial charge in [-0.15, -0.1) is 11.3 Å². The minimum Gasteiger partial charge on any atom is -0.393 e. The van der Waals surface area contributed by atoms with E-state index in [2.05, 4.69) is 15.9 Å². The second-order valence-corrected chi connectivity index (χ2v) is 7.40. The van der Waals surface area contributed by atoms with E-state index < -0.39 is 0 Å². The van der Waals surface area contributed by atoms with Crippen molar-refractivity contribution in [2.24, 2.45) is 11.7 Å². The third kappa shape index (κ3) is 2.92. The predicted octanol–water partition coefficient (Wildman–Crippen LogP) is 2.96. The Kier molecular flexibility index (Phi) is 4.40. The summed E-state index contributed by atoms with van der Waals surface area (Å²) in [7, 11) is 0. The van der Waals surface area contributed by atoms with Crippen molar-refractivity contribution in [3.8, 4) is 0 Å². The molecule has 1 aromatic heterocycles. The van der Waals surface area contributed by atoms with Gasteiger partial charge in [0.25, 0.3) is 5.91 Å². The van der Waals surface area contributed by atoms with E-state index in [1.54, 1.807) is 0 Å². The number of halogens is 1. The van der Waals surface area contributed by atoms with Gasteiger partial charge in [-0.1, -0.05) is 12.2 Å². The summed E-state index contributed by atoms with van der Waals surface area (Å²) in [5.41, 5.74) is 6.79. The molecule has 1 aliphatic heterocycles. The third-order valence-electron chi connectivity index (χ3n) is 3.18. The molecule has 0 aromatic carbocycles. The number of thiophene rings is 1. The maximum Gasteiger partial charge on any atom is 0.263 e. The second-order valence-electron chi connectivity index (χ2n) is 4.56. The molecule has 0 aliphatic carbocycles. The van der Waals surface area contributed by atoms with Gasteiger partial charge in [-0.2, -0.15) is 0 Å². The monoisotopic (exact) mass is 346 g/mol. The number of rotatable bonds is 2. The van der Waals surface area contributed by atoms with E-state index in [1.807, 2.05) is 17.9 Å². The highest BCUT2D eigenvalue weighted by Crippen LogP contribution is 2.29. The van der Waals surface area contributed by atoms with Crippen molar-refractivity contribution in [2.45, 2.75) is 19.8 Å². The Morgan fingerprint density at radius 2 is 2.39 bits per heavy atom. The van der Waals surface area contributed by atoms with E-state index in [1.165, 1.54) is 11.3 Å². The van der Waals surface area contributed by atoms with Crippen LogP contribution >= 0.6 is 39.5 Å². The lowest BCUT2D eigenvalue weighted by Gasteiger charge is -2.31.